The Morgan fingerprint density at radius 1 is 1.10 bits per heavy atom. The molecule has 0 aliphatic carbocycles. The molecule has 8 nitrogen and oxygen atoms in total. The van der Waals surface area contributed by atoms with Crippen LogP contribution in [0.3, 0.4) is 0 Å². The number of likely N-dealkylation sites (tertiary alicyclic amines) is 1. The van der Waals surface area contributed by atoms with Gasteiger partial charge in [-0.3, -0.25) is 9.59 Å². The molecule has 2 aromatic heterocycles. The number of anilines is 1. The van der Waals surface area contributed by atoms with Gasteiger partial charge in [0.15, 0.2) is 0 Å². The van der Waals surface area contributed by atoms with Crippen molar-refractivity contribution in [3.63, 3.8) is 0 Å². The lowest BCUT2D eigenvalue weighted by Crippen LogP contribution is -2.42. The first-order chi connectivity index (χ1) is 14.3. The Bertz CT molecular complexity index is 1110. The highest BCUT2D eigenvalue weighted by molar-refractivity contribution is 6.03. The van der Waals surface area contributed by atoms with Crippen LogP contribution in [-0.4, -0.2) is 49.4 Å². The van der Waals surface area contributed by atoms with Gasteiger partial charge < -0.3 is 10.2 Å². The number of hydrogen-bond donors (Lipinski definition) is 1. The molecular formula is C22H26N6O2. The van der Waals surface area contributed by atoms with E-state index in [0.29, 0.717) is 28.9 Å². The monoisotopic (exact) mass is 406 g/mol. The fourth-order valence-electron chi connectivity index (χ4n) is 4.08. The summed E-state index contributed by atoms with van der Waals surface area (Å²) in [5.41, 5.74) is 2.84. The van der Waals surface area contributed by atoms with Gasteiger partial charge in [-0.2, -0.15) is 4.98 Å². The van der Waals surface area contributed by atoms with Gasteiger partial charge in [0.1, 0.15) is 0 Å². The van der Waals surface area contributed by atoms with E-state index in [1.165, 1.54) is 4.52 Å². The van der Waals surface area contributed by atoms with E-state index in [4.69, 9.17) is 0 Å². The zero-order valence-corrected chi connectivity index (χ0v) is 17.7. The normalized spacial score (nSPS) is 19.1. The van der Waals surface area contributed by atoms with Crippen LogP contribution < -0.4 is 5.32 Å². The molecule has 3 heterocycles. The third-order valence-electron chi connectivity index (χ3n) is 5.52. The first-order valence-electron chi connectivity index (χ1n) is 10.2. The molecule has 0 radical (unpaired) electrons. The summed E-state index contributed by atoms with van der Waals surface area (Å²) >= 11 is 0. The van der Waals surface area contributed by atoms with Crippen molar-refractivity contribution in [1.82, 2.24) is 24.5 Å². The van der Waals surface area contributed by atoms with Gasteiger partial charge in [-0.1, -0.05) is 19.9 Å². The number of fused-ring (bicyclic) bond motifs is 1. The number of carbonyl (C=O) groups excluding carboxylic acids is 2. The second kappa shape index (κ2) is 7.85. The van der Waals surface area contributed by atoms with Crippen molar-refractivity contribution in [2.24, 2.45) is 11.8 Å². The first-order valence-corrected chi connectivity index (χ1v) is 10.2. The summed E-state index contributed by atoms with van der Waals surface area (Å²) in [6.07, 6.45) is 2.77. The van der Waals surface area contributed by atoms with Gasteiger partial charge in [-0.25, -0.2) is 9.50 Å². The smallest absolute Gasteiger partial charge is 0.295 e. The molecule has 1 fully saturated rings. The van der Waals surface area contributed by atoms with Crippen molar-refractivity contribution in [2.45, 2.75) is 34.1 Å². The lowest BCUT2D eigenvalue weighted by atomic mass is 9.91. The van der Waals surface area contributed by atoms with Gasteiger partial charge in [-0.05, 0) is 55.9 Å². The summed E-state index contributed by atoms with van der Waals surface area (Å²) in [4.78, 5) is 36.0. The summed E-state index contributed by atoms with van der Waals surface area (Å²) in [5, 5.41) is 7.09. The van der Waals surface area contributed by atoms with E-state index in [-0.39, 0.29) is 11.7 Å². The first kappa shape index (κ1) is 20.0. The minimum atomic E-state index is -0.437. The highest BCUT2D eigenvalue weighted by Gasteiger charge is 2.26. The molecule has 2 atom stereocenters. The number of aromatic nitrogens is 4. The molecule has 1 aliphatic heterocycles. The summed E-state index contributed by atoms with van der Waals surface area (Å²) in [6.45, 7) is 9.63. The molecule has 2 amide bonds. The van der Waals surface area contributed by atoms with Crippen LogP contribution in [0.2, 0.25) is 0 Å². The van der Waals surface area contributed by atoms with E-state index < -0.39 is 5.91 Å². The predicted molar refractivity (Wildman–Crippen MR) is 113 cm³/mol. The molecule has 1 saturated heterocycles. The van der Waals surface area contributed by atoms with Crippen molar-refractivity contribution in [3.8, 4) is 0 Å². The molecule has 1 N–H and O–H groups in total. The predicted octanol–water partition coefficient (Wildman–Crippen LogP) is 3.11. The number of aryl methyl sites for hydroxylation is 2. The lowest BCUT2D eigenvalue weighted by Gasteiger charge is -2.35. The Hall–Kier alpha value is -3.29. The molecular weight excluding hydrogens is 380 g/mol. The average molecular weight is 406 g/mol. The van der Waals surface area contributed by atoms with Crippen LogP contribution in [-0.2, 0) is 0 Å². The third kappa shape index (κ3) is 3.90. The number of nitrogens with one attached hydrogen (secondary N) is 1. The third-order valence-corrected chi connectivity index (χ3v) is 5.52. The second-order valence-corrected chi connectivity index (χ2v) is 8.37. The number of rotatable bonds is 3. The summed E-state index contributed by atoms with van der Waals surface area (Å²) < 4.78 is 1.53. The fourth-order valence-corrected chi connectivity index (χ4v) is 4.08. The van der Waals surface area contributed by atoms with Crippen LogP contribution in [0.4, 0.5) is 5.69 Å². The largest absolute Gasteiger partial charge is 0.338 e. The van der Waals surface area contributed by atoms with Gasteiger partial charge in [0, 0.05) is 36.2 Å². The van der Waals surface area contributed by atoms with Gasteiger partial charge in [0.2, 0.25) is 5.82 Å². The van der Waals surface area contributed by atoms with Gasteiger partial charge in [-0.15, -0.1) is 5.10 Å². The Labute approximate surface area is 175 Å². The molecule has 156 valence electrons. The molecule has 0 unspecified atom stereocenters. The molecule has 30 heavy (non-hydrogen) atoms. The molecule has 1 aliphatic rings. The Balaban J connectivity index is 1.56. The summed E-state index contributed by atoms with van der Waals surface area (Å²) in [7, 11) is 0. The number of hydrogen-bond acceptors (Lipinski definition) is 5. The number of benzene rings is 1. The van der Waals surface area contributed by atoms with Crippen LogP contribution in [0.1, 0.15) is 52.5 Å². The molecule has 4 rings (SSSR count). The van der Waals surface area contributed by atoms with Crippen LogP contribution in [0.5, 0.6) is 0 Å². The van der Waals surface area contributed by atoms with E-state index in [1.54, 1.807) is 18.3 Å². The molecule has 0 saturated carbocycles. The van der Waals surface area contributed by atoms with Crippen molar-refractivity contribution in [1.29, 1.82) is 0 Å². The van der Waals surface area contributed by atoms with Gasteiger partial charge >= 0.3 is 0 Å². The van der Waals surface area contributed by atoms with Gasteiger partial charge in [0.05, 0.1) is 0 Å². The highest BCUT2D eigenvalue weighted by Crippen LogP contribution is 2.24. The van der Waals surface area contributed by atoms with E-state index in [2.05, 4.69) is 34.2 Å². The number of carbonyl (C=O) groups is 2. The number of amides is 2. The van der Waals surface area contributed by atoms with Gasteiger partial charge in [0.25, 0.3) is 17.6 Å². The van der Waals surface area contributed by atoms with Crippen molar-refractivity contribution < 1.29 is 9.59 Å². The van der Waals surface area contributed by atoms with Crippen LogP contribution in [0.25, 0.3) is 5.78 Å². The minimum Gasteiger partial charge on any atom is -0.338 e. The topological polar surface area (TPSA) is 92.5 Å². The maximum Gasteiger partial charge on any atom is 0.295 e. The highest BCUT2D eigenvalue weighted by atomic mass is 16.2. The Kier molecular flexibility index (Phi) is 5.24. The van der Waals surface area contributed by atoms with Crippen molar-refractivity contribution >= 4 is 23.3 Å². The summed E-state index contributed by atoms with van der Waals surface area (Å²) in [5.74, 6) is 0.934. The fraction of sp³-hybridized carbons (Fsp3) is 0.409. The maximum atomic E-state index is 13.0. The quantitative estimate of drug-likeness (QED) is 0.721. The average Bonchev–Trinajstić information content (AvgIpc) is 3.14. The van der Waals surface area contributed by atoms with Crippen LogP contribution in [0, 0.1) is 25.7 Å². The van der Waals surface area contributed by atoms with E-state index in [1.807, 2.05) is 30.9 Å². The zero-order chi connectivity index (χ0) is 21.4. The van der Waals surface area contributed by atoms with Crippen LogP contribution >= 0.6 is 0 Å². The standard InChI is InChI=1S/C22H26N6O2/c1-13-9-14(2)12-27(11-13)21(30)17-6-5-15(3)18(10-17)24-20(29)19-25-22-23-8-7-16(4)28(22)26-19/h5-8,10,13-14H,9,11-12H2,1-4H3,(H,24,29)/t13-,14-/m0/s1. The zero-order valence-electron chi connectivity index (χ0n) is 17.7. The maximum absolute atomic E-state index is 13.0. The SMILES string of the molecule is Cc1ccc(C(=O)N2C[C@@H](C)C[C@H](C)C2)cc1NC(=O)c1nc2nccc(C)n2n1. The lowest BCUT2D eigenvalue weighted by molar-refractivity contribution is 0.0623. The Morgan fingerprint density at radius 2 is 1.83 bits per heavy atom. The van der Waals surface area contributed by atoms with E-state index in [0.717, 1.165) is 30.8 Å². The summed E-state index contributed by atoms with van der Waals surface area (Å²) in [6, 6.07) is 7.19. The van der Waals surface area contributed by atoms with E-state index >= 15 is 0 Å². The van der Waals surface area contributed by atoms with Crippen LogP contribution in [0.15, 0.2) is 30.5 Å². The molecule has 0 spiro atoms. The number of nitrogens with zero attached hydrogens (tertiary/aromatic N) is 5. The molecule has 3 aromatic rings. The van der Waals surface area contributed by atoms with Crippen molar-refractivity contribution in [2.75, 3.05) is 18.4 Å². The molecule has 8 heteroatoms. The Morgan fingerprint density at radius 3 is 2.53 bits per heavy atom. The number of piperidine rings is 1. The minimum absolute atomic E-state index is 0.00502. The van der Waals surface area contributed by atoms with E-state index in [9.17, 15) is 9.59 Å². The second-order valence-electron chi connectivity index (χ2n) is 8.37. The molecule has 1 aromatic carbocycles. The molecule has 0 bridgehead atoms. The van der Waals surface area contributed by atoms with Crippen molar-refractivity contribution in [3.05, 3.63) is 53.1 Å².